The van der Waals surface area contributed by atoms with Crippen molar-refractivity contribution in [3.05, 3.63) is 0 Å². The fourth-order valence-electron chi connectivity index (χ4n) is 0.843. The molecule has 80 valence electrons. The Morgan fingerprint density at radius 3 is 2.00 bits per heavy atom. The summed E-state index contributed by atoms with van der Waals surface area (Å²) < 4.78 is 9.94. The van der Waals surface area contributed by atoms with Crippen LogP contribution in [0.15, 0.2) is 0 Å². The number of hydrogen-bond acceptors (Lipinski definition) is 4. The van der Waals surface area contributed by atoms with Crippen LogP contribution in [0.3, 0.4) is 0 Å². The van der Waals surface area contributed by atoms with Crippen LogP contribution in [0, 0.1) is 0 Å². The normalized spacial score (nSPS) is 17.5. The third-order valence-electron chi connectivity index (χ3n) is 1.54. The van der Waals surface area contributed by atoms with Gasteiger partial charge < -0.3 is 19.7 Å². The average Bonchev–Trinajstić information content (AvgIpc) is 2.35. The number of ether oxygens (including phenoxy) is 2. The van der Waals surface area contributed by atoms with Crippen LogP contribution in [0.4, 0.5) is 0 Å². The Morgan fingerprint density at radius 1 is 1.15 bits per heavy atom. The summed E-state index contributed by atoms with van der Waals surface area (Å²) in [5.41, 5.74) is 0. The van der Waals surface area contributed by atoms with Gasteiger partial charge in [0.1, 0.15) is 6.79 Å². The Balaban J connectivity index is 0.000000226. The largest absolute Gasteiger partial charge is 0.368 e. The maximum absolute atomic E-state index is 8.11. The van der Waals surface area contributed by atoms with Crippen LogP contribution in [0.25, 0.3) is 0 Å². The maximum Gasteiger partial charge on any atom is 0.151 e. The second-order valence-electron chi connectivity index (χ2n) is 2.91. The minimum atomic E-state index is -1.10. The Hall–Kier alpha value is -0.160. The quantitative estimate of drug-likeness (QED) is 0.637. The molecular formula is C9H20O4. The van der Waals surface area contributed by atoms with E-state index in [-0.39, 0.29) is 0 Å². The van der Waals surface area contributed by atoms with Gasteiger partial charge in [0.05, 0.1) is 0 Å². The molecular weight excluding hydrogens is 172 g/mol. The highest BCUT2D eigenvalue weighted by Gasteiger charge is 1.94. The summed E-state index contributed by atoms with van der Waals surface area (Å²) in [6.07, 6.45) is 2.52. The third-order valence-corrected chi connectivity index (χ3v) is 1.54. The lowest BCUT2D eigenvalue weighted by Crippen LogP contribution is -2.01. The predicted octanol–water partition coefficient (Wildman–Crippen LogP) is 0.868. The number of hydrogen-bond donors (Lipinski definition) is 2. The lowest BCUT2D eigenvalue weighted by Gasteiger charge is -1.94. The van der Waals surface area contributed by atoms with Crippen molar-refractivity contribution in [2.45, 2.75) is 38.9 Å². The second kappa shape index (κ2) is 9.92. The van der Waals surface area contributed by atoms with Crippen molar-refractivity contribution < 1.29 is 19.7 Å². The molecule has 0 aromatic rings. The van der Waals surface area contributed by atoms with Crippen LogP contribution in [0.5, 0.6) is 0 Å². The van der Waals surface area contributed by atoms with E-state index in [4.69, 9.17) is 19.7 Å². The summed E-state index contributed by atoms with van der Waals surface area (Å²) in [7, 11) is 0. The first-order valence-corrected chi connectivity index (χ1v) is 4.79. The summed E-state index contributed by atoms with van der Waals surface area (Å²) in [6.45, 7) is 4.15. The molecule has 0 aliphatic carbocycles. The fourth-order valence-corrected chi connectivity index (χ4v) is 0.843. The van der Waals surface area contributed by atoms with E-state index in [1.807, 2.05) is 6.92 Å². The van der Waals surface area contributed by atoms with Gasteiger partial charge in [0.15, 0.2) is 6.29 Å². The molecule has 0 aromatic heterocycles. The standard InChI is InChI=1S/C5H10O2.C4H10O2/c1-2-4-7-5-6-3-1;1-2-3-4(5)6/h1-5H2;4-6H,2-3H2,1H3. The third kappa shape index (κ3) is 11.8. The monoisotopic (exact) mass is 192 g/mol. The molecule has 0 unspecified atom stereocenters. The molecule has 0 bridgehead atoms. The highest BCUT2D eigenvalue weighted by molar-refractivity contribution is 4.38. The molecule has 1 saturated heterocycles. The highest BCUT2D eigenvalue weighted by atomic mass is 16.7. The van der Waals surface area contributed by atoms with Gasteiger partial charge in [-0.2, -0.15) is 0 Å². The minimum absolute atomic E-state index is 0.486. The minimum Gasteiger partial charge on any atom is -0.368 e. The Bertz CT molecular complexity index is 76.0. The summed E-state index contributed by atoms with van der Waals surface area (Å²) in [4.78, 5) is 0. The molecule has 0 atom stereocenters. The Labute approximate surface area is 79.5 Å². The van der Waals surface area contributed by atoms with Crippen molar-refractivity contribution in [2.24, 2.45) is 0 Å². The molecule has 1 fully saturated rings. The van der Waals surface area contributed by atoms with E-state index in [1.165, 1.54) is 0 Å². The molecule has 4 heteroatoms. The van der Waals surface area contributed by atoms with Crippen LogP contribution in [0.2, 0.25) is 0 Å². The van der Waals surface area contributed by atoms with Crippen molar-refractivity contribution >= 4 is 0 Å². The zero-order valence-electron chi connectivity index (χ0n) is 8.24. The van der Waals surface area contributed by atoms with Gasteiger partial charge in [0.25, 0.3) is 0 Å². The smallest absolute Gasteiger partial charge is 0.151 e. The SMILES string of the molecule is C1CCOCOC1.CCCC(O)O. The van der Waals surface area contributed by atoms with Crippen LogP contribution in [-0.4, -0.2) is 36.5 Å². The van der Waals surface area contributed by atoms with Gasteiger partial charge in [-0.3, -0.25) is 0 Å². The first-order chi connectivity index (χ1) is 6.27. The average molecular weight is 192 g/mol. The Kier molecular flexibility index (Phi) is 9.80. The lowest BCUT2D eigenvalue weighted by molar-refractivity contribution is -0.0453. The maximum atomic E-state index is 8.11. The molecule has 0 saturated carbocycles. The van der Waals surface area contributed by atoms with Gasteiger partial charge in [0.2, 0.25) is 0 Å². The van der Waals surface area contributed by atoms with Gasteiger partial charge in [-0.1, -0.05) is 13.3 Å². The van der Waals surface area contributed by atoms with Crippen LogP contribution in [0.1, 0.15) is 32.6 Å². The van der Waals surface area contributed by atoms with E-state index in [9.17, 15) is 0 Å². The number of aliphatic hydroxyl groups is 2. The van der Waals surface area contributed by atoms with Crippen molar-refractivity contribution in [1.29, 1.82) is 0 Å². The van der Waals surface area contributed by atoms with E-state index in [0.717, 1.165) is 32.5 Å². The zero-order chi connectivity index (χ0) is 9.94. The van der Waals surface area contributed by atoms with E-state index in [1.54, 1.807) is 0 Å². The van der Waals surface area contributed by atoms with Gasteiger partial charge in [0, 0.05) is 13.2 Å². The topological polar surface area (TPSA) is 58.9 Å². The van der Waals surface area contributed by atoms with Crippen LogP contribution in [-0.2, 0) is 9.47 Å². The first-order valence-electron chi connectivity index (χ1n) is 4.79. The van der Waals surface area contributed by atoms with Crippen molar-refractivity contribution in [1.82, 2.24) is 0 Å². The van der Waals surface area contributed by atoms with Gasteiger partial charge in [-0.15, -0.1) is 0 Å². The summed E-state index contributed by atoms with van der Waals surface area (Å²) >= 11 is 0. The molecule has 13 heavy (non-hydrogen) atoms. The summed E-state index contributed by atoms with van der Waals surface area (Å²) in [5, 5.41) is 16.2. The molecule has 1 rings (SSSR count). The van der Waals surface area contributed by atoms with Crippen molar-refractivity contribution in [3.63, 3.8) is 0 Å². The Morgan fingerprint density at radius 2 is 1.69 bits per heavy atom. The summed E-state index contributed by atoms with van der Waals surface area (Å²) in [5.74, 6) is 0. The first kappa shape index (κ1) is 12.8. The van der Waals surface area contributed by atoms with Crippen LogP contribution >= 0.6 is 0 Å². The molecule has 0 amide bonds. The number of rotatable bonds is 2. The molecule has 0 aromatic carbocycles. The molecule has 4 nitrogen and oxygen atoms in total. The van der Waals surface area contributed by atoms with Gasteiger partial charge in [-0.25, -0.2) is 0 Å². The van der Waals surface area contributed by atoms with Gasteiger partial charge >= 0.3 is 0 Å². The molecule has 1 aliphatic heterocycles. The molecule has 0 spiro atoms. The molecule has 1 heterocycles. The van der Waals surface area contributed by atoms with Crippen molar-refractivity contribution in [3.8, 4) is 0 Å². The highest BCUT2D eigenvalue weighted by Crippen LogP contribution is 1.96. The second-order valence-corrected chi connectivity index (χ2v) is 2.91. The van der Waals surface area contributed by atoms with E-state index in [0.29, 0.717) is 13.2 Å². The van der Waals surface area contributed by atoms with E-state index in [2.05, 4.69) is 0 Å². The van der Waals surface area contributed by atoms with E-state index >= 15 is 0 Å². The zero-order valence-corrected chi connectivity index (χ0v) is 8.24. The molecule has 0 radical (unpaired) electrons. The van der Waals surface area contributed by atoms with E-state index < -0.39 is 6.29 Å². The molecule has 1 aliphatic rings. The van der Waals surface area contributed by atoms with Crippen LogP contribution < -0.4 is 0 Å². The summed E-state index contributed by atoms with van der Waals surface area (Å²) in [6, 6.07) is 0. The molecule has 2 N–H and O–H groups in total. The van der Waals surface area contributed by atoms with Gasteiger partial charge in [-0.05, 0) is 19.3 Å². The lowest BCUT2D eigenvalue weighted by atomic mass is 10.3. The van der Waals surface area contributed by atoms with Crippen molar-refractivity contribution in [2.75, 3.05) is 20.0 Å². The number of aliphatic hydroxyl groups excluding tert-OH is 1. The predicted molar refractivity (Wildman–Crippen MR) is 49.1 cm³/mol. The fraction of sp³-hybridized carbons (Fsp3) is 1.00.